The number of rotatable bonds is 5. The van der Waals surface area contributed by atoms with Gasteiger partial charge in [-0.1, -0.05) is 18.2 Å². The summed E-state index contributed by atoms with van der Waals surface area (Å²) >= 11 is 0. The molecule has 0 saturated heterocycles. The number of carbonyl (C=O) groups is 2. The molecule has 5 nitrogen and oxygen atoms in total. The Morgan fingerprint density at radius 1 is 1.33 bits per heavy atom. The van der Waals surface area contributed by atoms with E-state index in [1.165, 1.54) is 4.90 Å². The Bertz CT molecular complexity index is 444. The molecule has 1 unspecified atom stereocenters. The van der Waals surface area contributed by atoms with Crippen LogP contribution in [0.2, 0.25) is 0 Å². The van der Waals surface area contributed by atoms with Gasteiger partial charge in [0.1, 0.15) is 6.04 Å². The minimum absolute atomic E-state index is 0.0522. The average molecular weight is 249 g/mol. The first-order valence-corrected chi connectivity index (χ1v) is 5.73. The third-order valence-corrected chi connectivity index (χ3v) is 2.70. The number of carbonyl (C=O) groups excluding carboxylic acids is 2. The first-order valence-electron chi connectivity index (χ1n) is 5.73. The first kappa shape index (κ1) is 14.0. The highest BCUT2D eigenvalue weighted by Gasteiger charge is 2.20. The number of para-hydroxylation sites is 1. The predicted molar refractivity (Wildman–Crippen MR) is 71.1 cm³/mol. The van der Waals surface area contributed by atoms with Crippen molar-refractivity contribution >= 4 is 17.5 Å². The van der Waals surface area contributed by atoms with Crippen LogP contribution in [0.25, 0.3) is 0 Å². The molecular weight excluding hydrogens is 230 g/mol. The molecule has 1 aromatic rings. The second-order valence-electron chi connectivity index (χ2n) is 4.41. The van der Waals surface area contributed by atoms with Gasteiger partial charge in [-0.25, -0.2) is 0 Å². The molecule has 98 valence electrons. The average Bonchev–Trinajstić information content (AvgIpc) is 2.30. The van der Waals surface area contributed by atoms with Gasteiger partial charge in [-0.3, -0.25) is 9.59 Å². The molecule has 18 heavy (non-hydrogen) atoms. The summed E-state index contributed by atoms with van der Waals surface area (Å²) < 4.78 is 0. The normalized spacial score (nSPS) is 11.7. The maximum Gasteiger partial charge on any atom is 0.240 e. The van der Waals surface area contributed by atoms with Crippen molar-refractivity contribution in [1.29, 1.82) is 0 Å². The second kappa shape index (κ2) is 6.05. The lowest BCUT2D eigenvalue weighted by atomic mass is 10.1. The van der Waals surface area contributed by atoms with Crippen LogP contribution in [-0.2, 0) is 9.59 Å². The van der Waals surface area contributed by atoms with Crippen LogP contribution < -0.4 is 11.1 Å². The zero-order chi connectivity index (χ0) is 13.7. The van der Waals surface area contributed by atoms with E-state index in [9.17, 15) is 9.59 Å². The van der Waals surface area contributed by atoms with E-state index in [0.29, 0.717) is 0 Å². The van der Waals surface area contributed by atoms with Gasteiger partial charge >= 0.3 is 0 Å². The number of primary amides is 1. The Balaban J connectivity index is 2.79. The number of benzene rings is 1. The molecule has 0 aliphatic rings. The number of anilines is 1. The van der Waals surface area contributed by atoms with Crippen molar-refractivity contribution in [3.63, 3.8) is 0 Å². The fourth-order valence-corrected chi connectivity index (χ4v) is 1.50. The summed E-state index contributed by atoms with van der Waals surface area (Å²) in [5, 5.41) is 3.01. The van der Waals surface area contributed by atoms with Crippen molar-refractivity contribution in [3.8, 4) is 0 Å². The summed E-state index contributed by atoms with van der Waals surface area (Å²) in [6, 6.07) is 6.85. The number of nitrogens with one attached hydrogen (secondary N) is 1. The summed E-state index contributed by atoms with van der Waals surface area (Å²) in [6.07, 6.45) is 0.0522. The lowest BCUT2D eigenvalue weighted by Crippen LogP contribution is -2.40. The maximum absolute atomic E-state index is 11.6. The van der Waals surface area contributed by atoms with Crippen LogP contribution in [0.5, 0.6) is 0 Å². The predicted octanol–water partition coefficient (Wildman–Crippen LogP) is 0.739. The van der Waals surface area contributed by atoms with Gasteiger partial charge in [0, 0.05) is 19.8 Å². The van der Waals surface area contributed by atoms with E-state index in [1.54, 1.807) is 14.1 Å². The summed E-state index contributed by atoms with van der Waals surface area (Å²) in [6.45, 7) is 1.92. The zero-order valence-corrected chi connectivity index (χ0v) is 10.9. The van der Waals surface area contributed by atoms with E-state index in [0.717, 1.165) is 11.3 Å². The first-order chi connectivity index (χ1) is 8.41. The van der Waals surface area contributed by atoms with E-state index in [1.807, 2.05) is 31.2 Å². The molecule has 3 N–H and O–H groups in total. The van der Waals surface area contributed by atoms with Crippen molar-refractivity contribution < 1.29 is 9.59 Å². The van der Waals surface area contributed by atoms with Crippen LogP contribution in [0.15, 0.2) is 24.3 Å². The number of aryl methyl sites for hydroxylation is 1. The molecule has 0 heterocycles. The molecule has 0 spiro atoms. The van der Waals surface area contributed by atoms with Crippen LogP contribution in [0, 0.1) is 6.92 Å². The van der Waals surface area contributed by atoms with E-state index < -0.39 is 11.9 Å². The minimum atomic E-state index is -0.694. The minimum Gasteiger partial charge on any atom is -0.373 e. The molecule has 1 rings (SSSR count). The van der Waals surface area contributed by atoms with E-state index in [2.05, 4.69) is 5.32 Å². The second-order valence-corrected chi connectivity index (χ2v) is 4.41. The summed E-state index contributed by atoms with van der Waals surface area (Å²) in [4.78, 5) is 24.4. The molecule has 0 aliphatic carbocycles. The van der Waals surface area contributed by atoms with Crippen molar-refractivity contribution in [1.82, 2.24) is 4.90 Å². The zero-order valence-electron chi connectivity index (χ0n) is 10.9. The molecular formula is C13H19N3O2. The summed E-state index contributed by atoms with van der Waals surface area (Å²) in [5.41, 5.74) is 7.12. The van der Waals surface area contributed by atoms with Crippen LogP contribution in [0.1, 0.15) is 12.0 Å². The maximum atomic E-state index is 11.6. The lowest BCUT2D eigenvalue weighted by Gasteiger charge is -2.19. The molecule has 0 fully saturated rings. The molecule has 0 radical (unpaired) electrons. The van der Waals surface area contributed by atoms with Gasteiger partial charge in [0.2, 0.25) is 11.8 Å². The number of hydrogen-bond donors (Lipinski definition) is 2. The Kier molecular flexibility index (Phi) is 4.71. The fourth-order valence-electron chi connectivity index (χ4n) is 1.50. The smallest absolute Gasteiger partial charge is 0.240 e. The van der Waals surface area contributed by atoms with Gasteiger partial charge in [-0.05, 0) is 18.6 Å². The lowest BCUT2D eigenvalue weighted by molar-refractivity contribution is -0.131. The van der Waals surface area contributed by atoms with Crippen LogP contribution in [0.4, 0.5) is 5.69 Å². The molecule has 5 heteroatoms. The van der Waals surface area contributed by atoms with Gasteiger partial charge in [0.25, 0.3) is 0 Å². The largest absolute Gasteiger partial charge is 0.373 e. The molecule has 0 aromatic heterocycles. The van der Waals surface area contributed by atoms with Crippen LogP contribution in [0.3, 0.4) is 0 Å². The van der Waals surface area contributed by atoms with E-state index >= 15 is 0 Å². The molecule has 0 saturated carbocycles. The monoisotopic (exact) mass is 249 g/mol. The van der Waals surface area contributed by atoms with Crippen molar-refractivity contribution in [3.05, 3.63) is 29.8 Å². The van der Waals surface area contributed by atoms with Crippen molar-refractivity contribution in [2.75, 3.05) is 19.4 Å². The topological polar surface area (TPSA) is 75.4 Å². The number of amides is 2. The van der Waals surface area contributed by atoms with Crippen molar-refractivity contribution in [2.45, 2.75) is 19.4 Å². The standard InChI is InChI=1S/C13H19N3O2/c1-9-6-4-5-7-10(9)15-11(13(14)18)8-12(17)16(2)3/h4-7,11,15H,8H2,1-3H3,(H2,14,18). The molecule has 0 aliphatic heterocycles. The molecule has 0 bridgehead atoms. The Hall–Kier alpha value is -2.04. The summed E-state index contributed by atoms with van der Waals surface area (Å²) in [7, 11) is 3.29. The molecule has 1 atom stereocenters. The highest BCUT2D eigenvalue weighted by Crippen LogP contribution is 2.15. The Labute approximate surface area is 107 Å². The Morgan fingerprint density at radius 2 is 1.94 bits per heavy atom. The van der Waals surface area contributed by atoms with Gasteiger partial charge in [0.05, 0.1) is 6.42 Å². The highest BCUT2D eigenvalue weighted by molar-refractivity contribution is 5.89. The number of nitrogens with two attached hydrogens (primary N) is 1. The van der Waals surface area contributed by atoms with Gasteiger partial charge in [-0.15, -0.1) is 0 Å². The molecule has 1 aromatic carbocycles. The Morgan fingerprint density at radius 3 is 2.44 bits per heavy atom. The van der Waals surface area contributed by atoms with Gasteiger partial charge in [0.15, 0.2) is 0 Å². The van der Waals surface area contributed by atoms with Crippen molar-refractivity contribution in [2.24, 2.45) is 5.73 Å². The third-order valence-electron chi connectivity index (χ3n) is 2.70. The number of nitrogens with zero attached hydrogens (tertiary/aromatic N) is 1. The third kappa shape index (κ3) is 3.76. The summed E-state index contributed by atoms with van der Waals surface area (Å²) in [5.74, 6) is -0.673. The SMILES string of the molecule is Cc1ccccc1NC(CC(=O)N(C)C)C(N)=O. The highest BCUT2D eigenvalue weighted by atomic mass is 16.2. The quantitative estimate of drug-likeness (QED) is 0.808. The van der Waals surface area contributed by atoms with Crippen LogP contribution >= 0.6 is 0 Å². The van der Waals surface area contributed by atoms with Gasteiger partial charge in [-0.2, -0.15) is 0 Å². The fraction of sp³-hybridized carbons (Fsp3) is 0.385. The van der Waals surface area contributed by atoms with Gasteiger partial charge < -0.3 is 16.0 Å². The molecule has 2 amide bonds. The van der Waals surface area contributed by atoms with E-state index in [-0.39, 0.29) is 12.3 Å². The van der Waals surface area contributed by atoms with E-state index in [4.69, 9.17) is 5.73 Å². The van der Waals surface area contributed by atoms with Crippen LogP contribution in [-0.4, -0.2) is 36.9 Å². The number of hydrogen-bond acceptors (Lipinski definition) is 3.